The summed E-state index contributed by atoms with van der Waals surface area (Å²) in [5, 5.41) is 0.0363. The number of fused-ring (bicyclic) bond motifs is 1. The number of hydrogen-bond acceptors (Lipinski definition) is 7. The van der Waals surface area contributed by atoms with Crippen LogP contribution in [0, 0.1) is 0 Å². The van der Waals surface area contributed by atoms with Gasteiger partial charge in [0.25, 0.3) is 0 Å². The van der Waals surface area contributed by atoms with Crippen molar-refractivity contribution in [3.05, 3.63) is 47.4 Å². The maximum atomic E-state index is 12.4. The smallest absolute Gasteiger partial charge is 0.233 e. The lowest BCUT2D eigenvalue weighted by Crippen LogP contribution is -2.30. The summed E-state index contributed by atoms with van der Waals surface area (Å²) in [7, 11) is 4.06. The van der Waals surface area contributed by atoms with E-state index in [-0.39, 0.29) is 11.3 Å². The number of nitrogens with zero attached hydrogens (tertiary/aromatic N) is 2. The van der Waals surface area contributed by atoms with Crippen LogP contribution in [0.25, 0.3) is 0 Å². The van der Waals surface area contributed by atoms with Crippen molar-refractivity contribution in [2.75, 3.05) is 45.4 Å². The molecule has 1 aromatic carbocycles. The van der Waals surface area contributed by atoms with Gasteiger partial charge in [0.05, 0.1) is 18.1 Å². The number of benzene rings is 1. The van der Waals surface area contributed by atoms with Gasteiger partial charge in [0, 0.05) is 12.3 Å². The summed E-state index contributed by atoms with van der Waals surface area (Å²) in [4.78, 5) is 16.5. The molecule has 1 amide bonds. The number of carbonyl (C=O) groups is 1. The Hall–Kier alpha value is -1.77. The second-order valence-corrected chi connectivity index (χ2v) is 9.49. The lowest BCUT2D eigenvalue weighted by atomic mass is 10.1. The summed E-state index contributed by atoms with van der Waals surface area (Å²) in [5.41, 5.74) is 1.09. The van der Waals surface area contributed by atoms with Gasteiger partial charge in [0.15, 0.2) is 11.5 Å². The first kappa shape index (κ1) is 20.5. The molecule has 0 radical (unpaired) electrons. The molecule has 0 aliphatic carbocycles. The Morgan fingerprint density at radius 3 is 2.76 bits per heavy atom. The molecule has 3 heterocycles. The summed E-state index contributed by atoms with van der Waals surface area (Å²) in [6, 6.07) is 10.1. The minimum absolute atomic E-state index is 0.0363. The fourth-order valence-corrected chi connectivity index (χ4v) is 5.45. The van der Waals surface area contributed by atoms with Crippen molar-refractivity contribution in [3.8, 4) is 11.5 Å². The van der Waals surface area contributed by atoms with E-state index in [1.807, 2.05) is 49.3 Å². The van der Waals surface area contributed by atoms with Gasteiger partial charge in [0.2, 0.25) is 5.91 Å². The average molecular weight is 435 g/mol. The molecule has 2 aromatic rings. The summed E-state index contributed by atoms with van der Waals surface area (Å²) in [6.07, 6.45) is 0. The van der Waals surface area contributed by atoms with Gasteiger partial charge in [-0.25, -0.2) is 0 Å². The van der Waals surface area contributed by atoms with E-state index >= 15 is 0 Å². The molecule has 6 nitrogen and oxygen atoms in total. The van der Waals surface area contributed by atoms with Crippen molar-refractivity contribution >= 4 is 29.4 Å². The third kappa shape index (κ3) is 5.05. The van der Waals surface area contributed by atoms with Gasteiger partial charge in [-0.05, 0) is 43.9 Å². The van der Waals surface area contributed by atoms with Gasteiger partial charge in [-0.15, -0.1) is 11.8 Å². The molecule has 4 rings (SSSR count). The fourth-order valence-electron chi connectivity index (χ4n) is 3.42. The van der Waals surface area contributed by atoms with Crippen LogP contribution in [0.4, 0.5) is 0 Å². The van der Waals surface area contributed by atoms with Crippen molar-refractivity contribution in [2.45, 2.75) is 17.7 Å². The summed E-state index contributed by atoms with van der Waals surface area (Å²) < 4.78 is 17.2. The number of furan rings is 1. The van der Waals surface area contributed by atoms with Crippen LogP contribution in [-0.4, -0.2) is 61.1 Å². The number of ether oxygens (including phenoxy) is 2. The molecule has 2 aliphatic rings. The quantitative estimate of drug-likeness (QED) is 0.588. The highest BCUT2D eigenvalue weighted by atomic mass is 32.2. The third-order valence-corrected chi connectivity index (χ3v) is 6.95. The van der Waals surface area contributed by atoms with E-state index in [2.05, 4.69) is 4.90 Å². The van der Waals surface area contributed by atoms with E-state index in [1.54, 1.807) is 23.5 Å². The van der Waals surface area contributed by atoms with Gasteiger partial charge in [-0.2, -0.15) is 11.8 Å². The number of amides is 1. The Bertz CT molecular complexity index is 855. The zero-order valence-corrected chi connectivity index (χ0v) is 18.4. The first-order valence-corrected chi connectivity index (χ1v) is 11.9. The normalized spacial score (nSPS) is 18.7. The second-order valence-electron chi connectivity index (χ2n) is 7.31. The maximum absolute atomic E-state index is 12.4. The second kappa shape index (κ2) is 9.36. The minimum Gasteiger partial charge on any atom is -0.486 e. The van der Waals surface area contributed by atoms with Crippen molar-refractivity contribution in [1.82, 2.24) is 9.80 Å². The first-order valence-electron chi connectivity index (χ1n) is 9.71. The van der Waals surface area contributed by atoms with Crippen molar-refractivity contribution < 1.29 is 18.7 Å². The van der Waals surface area contributed by atoms with Crippen LogP contribution >= 0.6 is 23.5 Å². The molecule has 2 aliphatic heterocycles. The molecule has 1 atom stereocenters. The molecule has 156 valence electrons. The van der Waals surface area contributed by atoms with Crippen LogP contribution in [0.3, 0.4) is 0 Å². The maximum Gasteiger partial charge on any atom is 0.233 e. The molecule has 0 bridgehead atoms. The van der Waals surface area contributed by atoms with Gasteiger partial charge in [-0.1, -0.05) is 6.07 Å². The van der Waals surface area contributed by atoms with Crippen LogP contribution in [-0.2, 0) is 17.1 Å². The van der Waals surface area contributed by atoms with Crippen LogP contribution in [0.2, 0.25) is 0 Å². The largest absolute Gasteiger partial charge is 0.486 e. The predicted octanol–water partition coefficient (Wildman–Crippen LogP) is 3.62. The molecule has 0 saturated carbocycles. The third-order valence-electron chi connectivity index (χ3n) is 4.73. The molecule has 0 spiro atoms. The Morgan fingerprint density at radius 1 is 1.14 bits per heavy atom. The first-order chi connectivity index (χ1) is 14.1. The Kier molecular flexibility index (Phi) is 6.62. The van der Waals surface area contributed by atoms with E-state index in [0.29, 0.717) is 19.0 Å². The predicted molar refractivity (Wildman–Crippen MR) is 117 cm³/mol. The highest BCUT2D eigenvalue weighted by molar-refractivity contribution is 8.00. The zero-order valence-electron chi connectivity index (χ0n) is 16.8. The monoisotopic (exact) mass is 434 g/mol. The van der Waals surface area contributed by atoms with Crippen LogP contribution < -0.4 is 9.47 Å². The Balaban J connectivity index is 1.31. The molecule has 29 heavy (non-hydrogen) atoms. The lowest BCUT2D eigenvalue weighted by molar-refractivity contribution is -0.127. The van der Waals surface area contributed by atoms with Crippen LogP contribution in [0.15, 0.2) is 34.7 Å². The molecule has 1 fully saturated rings. The minimum atomic E-state index is 0.0363. The van der Waals surface area contributed by atoms with E-state index in [0.717, 1.165) is 53.2 Å². The van der Waals surface area contributed by atoms with E-state index in [9.17, 15) is 4.79 Å². The zero-order chi connectivity index (χ0) is 20.2. The molecule has 1 unspecified atom stereocenters. The Labute approximate surface area is 179 Å². The summed E-state index contributed by atoms with van der Waals surface area (Å²) in [6.45, 7) is 2.68. The fraction of sp³-hybridized carbons (Fsp3) is 0.476. The molecule has 0 N–H and O–H groups in total. The molecule has 8 heteroatoms. The highest BCUT2D eigenvalue weighted by Gasteiger charge is 2.33. The van der Waals surface area contributed by atoms with Crippen molar-refractivity contribution in [3.63, 3.8) is 0 Å². The molecular weight excluding hydrogens is 408 g/mol. The van der Waals surface area contributed by atoms with E-state index < -0.39 is 0 Å². The number of hydrogen-bond donors (Lipinski definition) is 0. The van der Waals surface area contributed by atoms with Gasteiger partial charge in [0.1, 0.15) is 30.1 Å². The van der Waals surface area contributed by atoms with Crippen molar-refractivity contribution in [1.29, 1.82) is 0 Å². The molecular formula is C21H26N2O4S2. The number of rotatable bonds is 8. The number of carbonyl (C=O) groups excluding carboxylic acids is 1. The standard InChI is InChI=1S/C21H26N2O4S2/c1-22(2)12-16-4-5-17(27-16)13-28-10-7-23-20(24)14-29-21(23)15-3-6-18-19(11-15)26-9-8-25-18/h3-6,11,21H,7-10,12-14H2,1-2H3. The molecule has 1 saturated heterocycles. The topological polar surface area (TPSA) is 55.2 Å². The van der Waals surface area contributed by atoms with Gasteiger partial charge >= 0.3 is 0 Å². The van der Waals surface area contributed by atoms with Crippen molar-refractivity contribution in [2.24, 2.45) is 0 Å². The van der Waals surface area contributed by atoms with Crippen LogP contribution in [0.5, 0.6) is 11.5 Å². The highest BCUT2D eigenvalue weighted by Crippen LogP contribution is 2.42. The summed E-state index contributed by atoms with van der Waals surface area (Å²) >= 11 is 3.47. The van der Waals surface area contributed by atoms with Gasteiger partial charge < -0.3 is 23.7 Å². The lowest BCUT2D eigenvalue weighted by Gasteiger charge is -2.26. The Morgan fingerprint density at radius 2 is 1.93 bits per heavy atom. The van der Waals surface area contributed by atoms with E-state index in [4.69, 9.17) is 13.9 Å². The summed E-state index contributed by atoms with van der Waals surface area (Å²) in [5.74, 6) is 5.93. The molecule has 1 aromatic heterocycles. The number of thioether (sulfide) groups is 2. The van der Waals surface area contributed by atoms with E-state index in [1.165, 1.54) is 0 Å². The van der Waals surface area contributed by atoms with Crippen LogP contribution in [0.1, 0.15) is 22.5 Å². The van der Waals surface area contributed by atoms with Gasteiger partial charge in [-0.3, -0.25) is 4.79 Å². The average Bonchev–Trinajstić information content (AvgIpc) is 3.31. The SMILES string of the molecule is CN(C)Cc1ccc(CSCCN2C(=O)CSC2c2ccc3c(c2)OCCO3)o1.